The fraction of sp³-hybridized carbons (Fsp3) is 0.400. The highest BCUT2D eigenvalue weighted by Gasteiger charge is 2.39. The highest BCUT2D eigenvalue weighted by Crippen LogP contribution is 2.48. The molecule has 1 fully saturated rings. The average molecular weight is 301 g/mol. The number of aromatic nitrogens is 2. The van der Waals surface area contributed by atoms with Crippen LogP contribution in [0.5, 0.6) is 0 Å². The summed E-state index contributed by atoms with van der Waals surface area (Å²) in [4.78, 5) is 15.3. The van der Waals surface area contributed by atoms with Crippen LogP contribution in [0, 0.1) is 17.2 Å². The van der Waals surface area contributed by atoms with E-state index in [1.54, 1.807) is 6.07 Å². The number of nitrogens with zero attached hydrogens (tertiary/aromatic N) is 3. The molecule has 1 saturated carbocycles. The smallest absolute Gasteiger partial charge is 0.313 e. The van der Waals surface area contributed by atoms with Crippen LogP contribution in [0.1, 0.15) is 31.4 Å². The first kappa shape index (κ1) is 14.0. The minimum atomic E-state index is -0.848. The fourth-order valence-electron chi connectivity index (χ4n) is 2.68. The summed E-state index contributed by atoms with van der Waals surface area (Å²) in [7, 11) is 0. The first-order valence-corrected chi connectivity index (χ1v) is 7.89. The number of carbonyl (C=O) groups is 1. The Hall–Kier alpha value is -2.00. The summed E-state index contributed by atoms with van der Waals surface area (Å²) in [6.45, 7) is 2.16. The van der Waals surface area contributed by atoms with E-state index in [2.05, 4.69) is 22.5 Å². The molecule has 3 rings (SSSR count). The maximum Gasteiger partial charge on any atom is 0.313 e. The van der Waals surface area contributed by atoms with Gasteiger partial charge in [-0.3, -0.25) is 4.79 Å². The molecule has 1 aliphatic rings. The van der Waals surface area contributed by atoms with Gasteiger partial charge in [-0.15, -0.1) is 0 Å². The number of hydrogen-bond acceptors (Lipinski definition) is 4. The number of carboxylic acids is 1. The van der Waals surface area contributed by atoms with Gasteiger partial charge in [-0.25, -0.2) is 4.98 Å². The molecule has 1 heterocycles. The molecule has 2 aromatic rings. The van der Waals surface area contributed by atoms with Crippen molar-refractivity contribution >= 4 is 28.8 Å². The largest absolute Gasteiger partial charge is 0.481 e. The van der Waals surface area contributed by atoms with E-state index in [0.29, 0.717) is 17.5 Å². The van der Waals surface area contributed by atoms with E-state index in [0.717, 1.165) is 29.0 Å². The maximum atomic E-state index is 10.8. The summed E-state index contributed by atoms with van der Waals surface area (Å²) in [5, 5.41) is 18.7. The number of benzene rings is 1. The molecule has 5 nitrogen and oxygen atoms in total. The van der Waals surface area contributed by atoms with Crippen molar-refractivity contribution in [2.75, 3.05) is 5.75 Å². The number of carboxylic acid groups (broad SMARTS) is 1. The molecule has 108 valence electrons. The van der Waals surface area contributed by atoms with Crippen molar-refractivity contribution in [3.63, 3.8) is 0 Å². The molecule has 1 aliphatic carbocycles. The monoisotopic (exact) mass is 301 g/mol. The molecule has 21 heavy (non-hydrogen) atoms. The second kappa shape index (κ2) is 5.41. The summed E-state index contributed by atoms with van der Waals surface area (Å²) in [5.41, 5.74) is 2.36. The van der Waals surface area contributed by atoms with Crippen LogP contribution in [0.15, 0.2) is 23.4 Å². The Morgan fingerprint density at radius 1 is 1.62 bits per heavy atom. The van der Waals surface area contributed by atoms with E-state index in [4.69, 9.17) is 10.4 Å². The maximum absolute atomic E-state index is 10.8. The van der Waals surface area contributed by atoms with Crippen molar-refractivity contribution in [2.24, 2.45) is 5.92 Å². The first-order chi connectivity index (χ1) is 10.1. The molecule has 1 N–H and O–H groups in total. The highest BCUT2D eigenvalue weighted by atomic mass is 32.2. The third-order valence-electron chi connectivity index (χ3n) is 3.85. The zero-order valence-electron chi connectivity index (χ0n) is 11.6. The van der Waals surface area contributed by atoms with E-state index >= 15 is 0 Å². The highest BCUT2D eigenvalue weighted by molar-refractivity contribution is 7.99. The van der Waals surface area contributed by atoms with E-state index in [-0.39, 0.29) is 5.75 Å². The third kappa shape index (κ3) is 2.61. The molecule has 1 aromatic heterocycles. The number of hydrogen-bond donors (Lipinski definition) is 1. The molecule has 1 aromatic carbocycles. The van der Waals surface area contributed by atoms with Gasteiger partial charge in [0, 0.05) is 6.04 Å². The lowest BCUT2D eigenvalue weighted by molar-refractivity contribution is -0.133. The lowest BCUT2D eigenvalue weighted by atomic mass is 10.2. The minimum Gasteiger partial charge on any atom is -0.481 e. The summed E-state index contributed by atoms with van der Waals surface area (Å²) in [6.07, 6.45) is 2.20. The number of rotatable bonds is 5. The summed E-state index contributed by atoms with van der Waals surface area (Å²) >= 11 is 1.24. The van der Waals surface area contributed by atoms with Crippen LogP contribution in [0.3, 0.4) is 0 Å². The van der Waals surface area contributed by atoms with Gasteiger partial charge >= 0.3 is 5.97 Å². The molecular weight excluding hydrogens is 286 g/mol. The number of imidazole rings is 1. The Balaban J connectivity index is 2.06. The van der Waals surface area contributed by atoms with Gasteiger partial charge in [0.1, 0.15) is 0 Å². The van der Waals surface area contributed by atoms with E-state index < -0.39 is 5.97 Å². The van der Waals surface area contributed by atoms with Crippen LogP contribution in [0.2, 0.25) is 0 Å². The normalized spacial score (nSPS) is 20.4. The predicted octanol–water partition coefficient (Wildman–Crippen LogP) is 3.06. The third-order valence-corrected chi connectivity index (χ3v) is 4.79. The van der Waals surface area contributed by atoms with Crippen LogP contribution in [0.4, 0.5) is 0 Å². The standard InChI is InChI=1S/C15H15N3O2S/c1-2-10-6-12(10)18-13-5-9(7-16)3-4-11(13)17-15(18)21-8-14(19)20/h3-5,10,12H,2,6,8H2,1H3,(H,19,20). The molecule has 2 unspecified atom stereocenters. The van der Waals surface area contributed by atoms with Gasteiger partial charge in [-0.05, 0) is 30.5 Å². The van der Waals surface area contributed by atoms with Gasteiger partial charge in [-0.1, -0.05) is 25.1 Å². The van der Waals surface area contributed by atoms with Crippen LogP contribution < -0.4 is 0 Å². The SMILES string of the molecule is CCC1CC1n1c(SCC(=O)O)nc2ccc(C#N)cc21. The molecule has 0 bridgehead atoms. The number of nitriles is 1. The quantitative estimate of drug-likeness (QED) is 0.859. The van der Waals surface area contributed by atoms with Crippen molar-refractivity contribution in [1.82, 2.24) is 9.55 Å². The molecule has 2 atom stereocenters. The van der Waals surface area contributed by atoms with Crippen molar-refractivity contribution in [3.05, 3.63) is 23.8 Å². The molecule has 0 radical (unpaired) electrons. The zero-order chi connectivity index (χ0) is 15.0. The van der Waals surface area contributed by atoms with Crippen molar-refractivity contribution < 1.29 is 9.90 Å². The van der Waals surface area contributed by atoms with Gasteiger partial charge in [0.2, 0.25) is 0 Å². The van der Waals surface area contributed by atoms with Crippen molar-refractivity contribution in [1.29, 1.82) is 5.26 Å². The Bertz CT molecular complexity index is 747. The molecule has 0 amide bonds. The van der Waals surface area contributed by atoms with E-state index in [9.17, 15) is 4.79 Å². The van der Waals surface area contributed by atoms with Gasteiger partial charge in [0.25, 0.3) is 0 Å². The van der Waals surface area contributed by atoms with Crippen LogP contribution in [-0.2, 0) is 4.79 Å². The Morgan fingerprint density at radius 3 is 3.05 bits per heavy atom. The van der Waals surface area contributed by atoms with Gasteiger partial charge in [-0.2, -0.15) is 5.26 Å². The predicted molar refractivity (Wildman–Crippen MR) is 80.2 cm³/mol. The molecular formula is C15H15N3O2S. The number of aliphatic carboxylic acids is 1. The van der Waals surface area contributed by atoms with Crippen LogP contribution >= 0.6 is 11.8 Å². The molecule has 0 saturated heterocycles. The van der Waals surface area contributed by atoms with Gasteiger partial charge < -0.3 is 9.67 Å². The Morgan fingerprint density at radius 2 is 2.43 bits per heavy atom. The lowest BCUT2D eigenvalue weighted by Gasteiger charge is -2.07. The zero-order valence-corrected chi connectivity index (χ0v) is 12.4. The first-order valence-electron chi connectivity index (χ1n) is 6.90. The number of thioether (sulfide) groups is 1. The Kier molecular flexibility index (Phi) is 3.60. The molecule has 6 heteroatoms. The second-order valence-electron chi connectivity index (χ2n) is 5.23. The summed E-state index contributed by atoms with van der Waals surface area (Å²) < 4.78 is 2.12. The molecule has 0 aliphatic heterocycles. The topological polar surface area (TPSA) is 78.9 Å². The Labute approximate surface area is 126 Å². The van der Waals surface area contributed by atoms with Crippen LogP contribution in [0.25, 0.3) is 11.0 Å². The van der Waals surface area contributed by atoms with E-state index in [1.165, 1.54) is 11.8 Å². The van der Waals surface area contributed by atoms with Crippen molar-refractivity contribution in [3.8, 4) is 6.07 Å². The number of fused-ring (bicyclic) bond motifs is 1. The van der Waals surface area contributed by atoms with Gasteiger partial charge in [0.05, 0.1) is 28.4 Å². The summed E-state index contributed by atoms with van der Waals surface area (Å²) in [5.74, 6) is -0.228. The van der Waals surface area contributed by atoms with Gasteiger partial charge in [0.15, 0.2) is 5.16 Å². The summed E-state index contributed by atoms with van der Waals surface area (Å²) in [6, 6.07) is 7.95. The lowest BCUT2D eigenvalue weighted by Crippen LogP contribution is -2.03. The van der Waals surface area contributed by atoms with Crippen molar-refractivity contribution in [2.45, 2.75) is 31.0 Å². The fourth-order valence-corrected chi connectivity index (χ4v) is 3.46. The molecule has 0 spiro atoms. The van der Waals surface area contributed by atoms with Crippen LogP contribution in [-0.4, -0.2) is 26.4 Å². The second-order valence-corrected chi connectivity index (χ2v) is 6.18. The average Bonchev–Trinajstić information content (AvgIpc) is 3.17. The van der Waals surface area contributed by atoms with E-state index in [1.807, 2.05) is 12.1 Å². The minimum absolute atomic E-state index is 0.00204.